The Kier molecular flexibility index (Phi) is 6.60. The largest absolute Gasteiger partial charge is 0.386 e. The van der Waals surface area contributed by atoms with Gasteiger partial charge in [0, 0.05) is 11.6 Å². The first-order valence-electron chi connectivity index (χ1n) is 5.92. The standard InChI is InChI=1S/C12H21NOS/c1-2-3-4-5-6-7-8-11(14)12-13-9-10-15-12/h9-11,14H,2-8H2,1H3/t11-/m1/s1. The van der Waals surface area contributed by atoms with Crippen LogP contribution in [-0.4, -0.2) is 10.1 Å². The minimum Gasteiger partial charge on any atom is -0.386 e. The van der Waals surface area contributed by atoms with Gasteiger partial charge in [0.05, 0.1) is 0 Å². The molecule has 0 aromatic carbocycles. The summed E-state index contributed by atoms with van der Waals surface area (Å²) in [5.41, 5.74) is 0. The summed E-state index contributed by atoms with van der Waals surface area (Å²) in [6.07, 6.45) is 9.91. The van der Waals surface area contributed by atoms with Crippen molar-refractivity contribution < 1.29 is 5.11 Å². The maximum Gasteiger partial charge on any atom is 0.121 e. The number of aromatic nitrogens is 1. The predicted molar refractivity (Wildman–Crippen MR) is 65.1 cm³/mol. The third-order valence-corrected chi connectivity index (χ3v) is 3.44. The van der Waals surface area contributed by atoms with Gasteiger partial charge in [0.2, 0.25) is 0 Å². The average Bonchev–Trinajstić information content (AvgIpc) is 2.76. The highest BCUT2D eigenvalue weighted by Crippen LogP contribution is 2.21. The minimum absolute atomic E-state index is 0.337. The first-order valence-corrected chi connectivity index (χ1v) is 6.80. The molecule has 0 aliphatic carbocycles. The number of nitrogens with zero attached hydrogens (tertiary/aromatic N) is 1. The van der Waals surface area contributed by atoms with Gasteiger partial charge in [-0.2, -0.15) is 0 Å². The summed E-state index contributed by atoms with van der Waals surface area (Å²) in [4.78, 5) is 4.11. The van der Waals surface area contributed by atoms with E-state index in [1.165, 1.54) is 32.1 Å². The minimum atomic E-state index is -0.337. The van der Waals surface area contributed by atoms with E-state index in [1.54, 1.807) is 17.5 Å². The molecule has 1 aromatic heterocycles. The summed E-state index contributed by atoms with van der Waals surface area (Å²) >= 11 is 1.54. The zero-order valence-corrected chi connectivity index (χ0v) is 10.3. The van der Waals surface area contributed by atoms with Crippen molar-refractivity contribution in [3.05, 3.63) is 16.6 Å². The molecule has 1 heterocycles. The van der Waals surface area contributed by atoms with E-state index in [-0.39, 0.29) is 6.10 Å². The molecule has 15 heavy (non-hydrogen) atoms. The molecule has 0 spiro atoms. The lowest BCUT2D eigenvalue weighted by atomic mass is 10.1. The fourth-order valence-corrected chi connectivity index (χ4v) is 2.30. The first-order chi connectivity index (χ1) is 7.34. The highest BCUT2D eigenvalue weighted by molar-refractivity contribution is 7.09. The van der Waals surface area contributed by atoms with Crippen LogP contribution in [0.3, 0.4) is 0 Å². The van der Waals surface area contributed by atoms with Crippen molar-refractivity contribution in [2.75, 3.05) is 0 Å². The van der Waals surface area contributed by atoms with E-state index in [4.69, 9.17) is 0 Å². The SMILES string of the molecule is CCCCCCCC[C@@H](O)c1nccs1. The van der Waals surface area contributed by atoms with Gasteiger partial charge in [-0.3, -0.25) is 0 Å². The zero-order valence-electron chi connectivity index (χ0n) is 9.48. The Bertz CT molecular complexity index is 236. The number of hydrogen-bond acceptors (Lipinski definition) is 3. The van der Waals surface area contributed by atoms with E-state index in [0.717, 1.165) is 17.8 Å². The highest BCUT2D eigenvalue weighted by atomic mass is 32.1. The van der Waals surface area contributed by atoms with Gasteiger partial charge in [-0.05, 0) is 6.42 Å². The molecule has 0 bridgehead atoms. The van der Waals surface area contributed by atoms with Crippen molar-refractivity contribution in [3.8, 4) is 0 Å². The molecule has 1 aromatic rings. The molecule has 0 amide bonds. The van der Waals surface area contributed by atoms with Crippen LogP contribution in [0.25, 0.3) is 0 Å². The van der Waals surface area contributed by atoms with Gasteiger partial charge in [0.1, 0.15) is 11.1 Å². The lowest BCUT2D eigenvalue weighted by Gasteiger charge is -2.06. The molecule has 0 unspecified atom stereocenters. The van der Waals surface area contributed by atoms with Crippen LogP contribution in [0.5, 0.6) is 0 Å². The molecule has 1 N–H and O–H groups in total. The number of aliphatic hydroxyl groups is 1. The van der Waals surface area contributed by atoms with Crippen LogP contribution in [0.15, 0.2) is 11.6 Å². The highest BCUT2D eigenvalue weighted by Gasteiger charge is 2.08. The molecular weight excluding hydrogens is 206 g/mol. The van der Waals surface area contributed by atoms with Crippen molar-refractivity contribution in [1.29, 1.82) is 0 Å². The Balaban J connectivity index is 2.00. The van der Waals surface area contributed by atoms with Crippen LogP contribution < -0.4 is 0 Å². The van der Waals surface area contributed by atoms with Crippen LogP contribution in [0.4, 0.5) is 0 Å². The first kappa shape index (κ1) is 12.7. The normalized spacial score (nSPS) is 12.9. The topological polar surface area (TPSA) is 33.1 Å². The molecule has 0 fully saturated rings. The summed E-state index contributed by atoms with van der Waals surface area (Å²) in [5.74, 6) is 0. The van der Waals surface area contributed by atoms with E-state index in [0.29, 0.717) is 0 Å². The number of rotatable bonds is 8. The van der Waals surface area contributed by atoms with Gasteiger partial charge in [-0.15, -0.1) is 11.3 Å². The van der Waals surface area contributed by atoms with Crippen LogP contribution in [0.1, 0.15) is 63.0 Å². The second-order valence-corrected chi connectivity index (χ2v) is 4.87. The molecule has 3 heteroatoms. The third-order valence-electron chi connectivity index (χ3n) is 2.57. The monoisotopic (exact) mass is 227 g/mol. The van der Waals surface area contributed by atoms with Gasteiger partial charge in [0.15, 0.2) is 0 Å². The molecule has 0 aliphatic heterocycles. The Hall–Kier alpha value is -0.410. The smallest absolute Gasteiger partial charge is 0.121 e. The predicted octanol–water partition coefficient (Wildman–Crippen LogP) is 3.93. The third kappa shape index (κ3) is 5.28. The Labute approximate surface area is 96.4 Å². The van der Waals surface area contributed by atoms with Crippen LogP contribution >= 0.6 is 11.3 Å². The molecule has 1 atom stereocenters. The average molecular weight is 227 g/mol. The molecule has 1 rings (SSSR count). The Morgan fingerprint density at radius 3 is 2.67 bits per heavy atom. The van der Waals surface area contributed by atoms with Crippen molar-refractivity contribution in [1.82, 2.24) is 4.98 Å². The molecule has 86 valence electrons. The van der Waals surface area contributed by atoms with E-state index >= 15 is 0 Å². The second kappa shape index (κ2) is 7.83. The summed E-state index contributed by atoms with van der Waals surface area (Å²) in [7, 11) is 0. The van der Waals surface area contributed by atoms with Crippen molar-refractivity contribution in [2.24, 2.45) is 0 Å². The Morgan fingerprint density at radius 1 is 1.27 bits per heavy atom. The number of thiazole rings is 1. The lowest BCUT2D eigenvalue weighted by molar-refractivity contribution is 0.163. The van der Waals surface area contributed by atoms with E-state index in [9.17, 15) is 5.11 Å². The van der Waals surface area contributed by atoms with Crippen LogP contribution in [-0.2, 0) is 0 Å². The summed E-state index contributed by atoms with van der Waals surface area (Å²) < 4.78 is 0. The lowest BCUT2D eigenvalue weighted by Crippen LogP contribution is -1.96. The van der Waals surface area contributed by atoms with E-state index in [2.05, 4.69) is 11.9 Å². The van der Waals surface area contributed by atoms with Gasteiger partial charge < -0.3 is 5.11 Å². The number of unbranched alkanes of at least 4 members (excludes halogenated alkanes) is 5. The molecule has 0 saturated carbocycles. The molecule has 0 aliphatic rings. The fourth-order valence-electron chi connectivity index (χ4n) is 1.64. The quantitative estimate of drug-likeness (QED) is 0.683. The van der Waals surface area contributed by atoms with Crippen molar-refractivity contribution >= 4 is 11.3 Å². The number of hydrogen-bond donors (Lipinski definition) is 1. The van der Waals surface area contributed by atoms with Crippen LogP contribution in [0.2, 0.25) is 0 Å². The van der Waals surface area contributed by atoms with E-state index in [1.807, 2.05) is 5.38 Å². The zero-order chi connectivity index (χ0) is 10.9. The van der Waals surface area contributed by atoms with Gasteiger partial charge in [0.25, 0.3) is 0 Å². The van der Waals surface area contributed by atoms with Gasteiger partial charge in [-0.1, -0.05) is 45.4 Å². The van der Waals surface area contributed by atoms with Gasteiger partial charge >= 0.3 is 0 Å². The summed E-state index contributed by atoms with van der Waals surface area (Å²) in [6.45, 7) is 2.23. The van der Waals surface area contributed by atoms with Crippen LogP contribution in [0, 0.1) is 0 Å². The maximum absolute atomic E-state index is 9.76. The molecule has 0 saturated heterocycles. The van der Waals surface area contributed by atoms with Gasteiger partial charge in [-0.25, -0.2) is 4.98 Å². The van der Waals surface area contributed by atoms with E-state index < -0.39 is 0 Å². The van der Waals surface area contributed by atoms with Crippen molar-refractivity contribution in [2.45, 2.75) is 58.0 Å². The second-order valence-electron chi connectivity index (χ2n) is 3.94. The summed E-state index contributed by atoms with van der Waals surface area (Å²) in [5, 5.41) is 12.5. The number of aliphatic hydroxyl groups excluding tert-OH is 1. The molecule has 0 radical (unpaired) electrons. The maximum atomic E-state index is 9.76. The summed E-state index contributed by atoms with van der Waals surface area (Å²) in [6, 6.07) is 0. The molecular formula is C12H21NOS. The Morgan fingerprint density at radius 2 is 2.00 bits per heavy atom. The fraction of sp³-hybridized carbons (Fsp3) is 0.750. The molecule has 2 nitrogen and oxygen atoms in total. The van der Waals surface area contributed by atoms with Crippen molar-refractivity contribution in [3.63, 3.8) is 0 Å².